The van der Waals surface area contributed by atoms with E-state index in [4.69, 9.17) is 5.11 Å². The van der Waals surface area contributed by atoms with Gasteiger partial charge in [-0.15, -0.1) is 0 Å². The van der Waals surface area contributed by atoms with E-state index in [1.807, 2.05) is 0 Å². The number of carboxylic acid groups (broad SMARTS) is 1. The molecule has 1 aromatic carbocycles. The molecule has 0 saturated carbocycles. The van der Waals surface area contributed by atoms with Gasteiger partial charge in [0.25, 0.3) is 0 Å². The lowest BCUT2D eigenvalue weighted by molar-refractivity contribution is -0.137. The molecule has 2 N–H and O–H groups in total. The highest BCUT2D eigenvalue weighted by atomic mass is 19.4. The van der Waals surface area contributed by atoms with E-state index in [2.05, 4.69) is 10.3 Å². The first-order valence-electron chi connectivity index (χ1n) is 5.95. The Labute approximate surface area is 118 Å². The number of nitrogens with one attached hydrogen (secondary N) is 1. The molecule has 2 rings (SSSR count). The predicted octanol–water partition coefficient (Wildman–Crippen LogP) is 3.46. The van der Waals surface area contributed by atoms with E-state index in [-0.39, 0.29) is 0 Å². The lowest BCUT2D eigenvalue weighted by Crippen LogP contribution is -2.28. The van der Waals surface area contributed by atoms with Crippen LogP contribution in [0.25, 0.3) is 0 Å². The minimum absolute atomic E-state index is 0.379. The van der Waals surface area contributed by atoms with Gasteiger partial charge in [-0.1, -0.05) is 18.2 Å². The Morgan fingerprint density at radius 1 is 1.14 bits per heavy atom. The van der Waals surface area contributed by atoms with Gasteiger partial charge in [0.15, 0.2) is 0 Å². The maximum Gasteiger partial charge on any atom is 0.416 e. The Bertz CT molecular complexity index is 612. The third-order valence-corrected chi connectivity index (χ3v) is 2.82. The number of halogens is 3. The van der Waals surface area contributed by atoms with Crippen LogP contribution in [0.2, 0.25) is 0 Å². The Morgan fingerprint density at radius 2 is 1.81 bits per heavy atom. The fraction of sp³-hybridized carbons (Fsp3) is 0.143. The summed E-state index contributed by atoms with van der Waals surface area (Å²) >= 11 is 0. The lowest BCUT2D eigenvalue weighted by atomic mass is 10.0. The number of rotatable bonds is 3. The Balaban J connectivity index is 2.36. The molecule has 21 heavy (non-hydrogen) atoms. The van der Waals surface area contributed by atoms with Crippen LogP contribution in [0.5, 0.6) is 0 Å². The number of benzene rings is 1. The molecule has 1 amide bonds. The van der Waals surface area contributed by atoms with Crippen LogP contribution in [0, 0.1) is 0 Å². The van der Waals surface area contributed by atoms with Crippen molar-refractivity contribution in [2.75, 3.05) is 0 Å². The molecule has 0 spiro atoms. The van der Waals surface area contributed by atoms with Crippen molar-refractivity contribution in [1.29, 1.82) is 0 Å². The van der Waals surface area contributed by atoms with Crippen LogP contribution in [-0.4, -0.2) is 16.2 Å². The minimum Gasteiger partial charge on any atom is -0.465 e. The van der Waals surface area contributed by atoms with E-state index in [1.165, 1.54) is 18.3 Å². The van der Waals surface area contributed by atoms with Gasteiger partial charge in [-0.25, -0.2) is 4.79 Å². The third kappa shape index (κ3) is 3.71. The summed E-state index contributed by atoms with van der Waals surface area (Å²) in [6.45, 7) is 0. The molecule has 0 aliphatic rings. The third-order valence-electron chi connectivity index (χ3n) is 2.82. The van der Waals surface area contributed by atoms with E-state index in [0.29, 0.717) is 11.3 Å². The second-order valence-corrected chi connectivity index (χ2v) is 4.26. The molecule has 1 aromatic heterocycles. The number of amides is 1. The maximum atomic E-state index is 12.5. The number of nitrogens with zero attached hydrogens (tertiary/aromatic N) is 1. The molecule has 0 saturated heterocycles. The molecule has 0 radical (unpaired) electrons. The quantitative estimate of drug-likeness (QED) is 0.911. The molecular formula is C14H11F3N2O2. The van der Waals surface area contributed by atoms with Crippen LogP contribution in [0.1, 0.15) is 22.9 Å². The van der Waals surface area contributed by atoms with Crippen molar-refractivity contribution in [2.45, 2.75) is 12.2 Å². The molecule has 1 heterocycles. The monoisotopic (exact) mass is 296 g/mol. The van der Waals surface area contributed by atoms with Gasteiger partial charge in [-0.3, -0.25) is 4.98 Å². The van der Waals surface area contributed by atoms with Crippen molar-refractivity contribution in [2.24, 2.45) is 0 Å². The van der Waals surface area contributed by atoms with E-state index < -0.39 is 23.9 Å². The zero-order valence-electron chi connectivity index (χ0n) is 10.6. The summed E-state index contributed by atoms with van der Waals surface area (Å²) < 4.78 is 37.6. The summed E-state index contributed by atoms with van der Waals surface area (Å²) in [4.78, 5) is 14.9. The van der Waals surface area contributed by atoms with Gasteiger partial charge >= 0.3 is 12.3 Å². The Hall–Kier alpha value is -2.57. The number of aromatic nitrogens is 1. The fourth-order valence-corrected chi connectivity index (χ4v) is 1.86. The Morgan fingerprint density at radius 3 is 2.29 bits per heavy atom. The minimum atomic E-state index is -4.43. The van der Waals surface area contributed by atoms with E-state index >= 15 is 0 Å². The standard InChI is InChI=1S/C14H11F3N2O2/c15-14(16,17)10-6-4-9(5-7-10)12(19-13(20)21)11-3-1-2-8-18-11/h1-8,12,19H,(H,20,21). The highest BCUT2D eigenvalue weighted by Gasteiger charge is 2.30. The molecule has 0 aliphatic carbocycles. The largest absolute Gasteiger partial charge is 0.465 e. The average molecular weight is 296 g/mol. The van der Waals surface area contributed by atoms with E-state index in [1.54, 1.807) is 18.2 Å². The molecule has 0 bridgehead atoms. The molecule has 1 atom stereocenters. The van der Waals surface area contributed by atoms with Crippen molar-refractivity contribution < 1.29 is 23.1 Å². The van der Waals surface area contributed by atoms with Crippen molar-refractivity contribution in [1.82, 2.24) is 10.3 Å². The summed E-state index contributed by atoms with van der Waals surface area (Å²) in [7, 11) is 0. The predicted molar refractivity (Wildman–Crippen MR) is 68.7 cm³/mol. The number of hydrogen-bond acceptors (Lipinski definition) is 2. The van der Waals surface area contributed by atoms with Crippen LogP contribution >= 0.6 is 0 Å². The topological polar surface area (TPSA) is 62.2 Å². The normalized spacial score (nSPS) is 12.7. The van der Waals surface area contributed by atoms with Gasteiger partial charge in [0.1, 0.15) is 0 Å². The van der Waals surface area contributed by atoms with Gasteiger partial charge in [-0.05, 0) is 29.8 Å². The van der Waals surface area contributed by atoms with Gasteiger partial charge in [0.05, 0.1) is 17.3 Å². The summed E-state index contributed by atoms with van der Waals surface area (Å²) in [5.41, 5.74) is -0.00916. The van der Waals surface area contributed by atoms with Crippen LogP contribution in [-0.2, 0) is 6.18 Å². The first kappa shape index (κ1) is 14.8. The van der Waals surface area contributed by atoms with Gasteiger partial charge in [-0.2, -0.15) is 13.2 Å². The van der Waals surface area contributed by atoms with E-state index in [9.17, 15) is 18.0 Å². The molecule has 110 valence electrons. The van der Waals surface area contributed by atoms with Crippen LogP contribution in [0.15, 0.2) is 48.7 Å². The van der Waals surface area contributed by atoms with Crippen molar-refractivity contribution >= 4 is 6.09 Å². The van der Waals surface area contributed by atoms with Crippen molar-refractivity contribution in [3.63, 3.8) is 0 Å². The molecular weight excluding hydrogens is 285 g/mol. The van der Waals surface area contributed by atoms with Crippen LogP contribution in [0.4, 0.5) is 18.0 Å². The zero-order chi connectivity index (χ0) is 15.5. The van der Waals surface area contributed by atoms with Gasteiger partial charge < -0.3 is 10.4 Å². The number of pyridine rings is 1. The second-order valence-electron chi connectivity index (χ2n) is 4.26. The molecule has 0 aliphatic heterocycles. The number of hydrogen-bond donors (Lipinski definition) is 2. The summed E-state index contributed by atoms with van der Waals surface area (Å²) in [5, 5.41) is 11.1. The van der Waals surface area contributed by atoms with Gasteiger partial charge in [0, 0.05) is 6.20 Å². The molecule has 2 aromatic rings. The summed E-state index contributed by atoms with van der Waals surface area (Å²) in [6, 6.07) is 8.39. The lowest BCUT2D eigenvalue weighted by Gasteiger charge is -2.17. The SMILES string of the molecule is O=C(O)NC(c1ccc(C(F)(F)F)cc1)c1ccccn1. The summed E-state index contributed by atoms with van der Waals surface area (Å²) in [5.74, 6) is 0. The zero-order valence-corrected chi connectivity index (χ0v) is 10.6. The molecule has 7 heteroatoms. The molecule has 1 unspecified atom stereocenters. The fourth-order valence-electron chi connectivity index (χ4n) is 1.86. The Kier molecular flexibility index (Phi) is 4.11. The highest BCUT2D eigenvalue weighted by molar-refractivity contribution is 5.66. The van der Waals surface area contributed by atoms with Crippen molar-refractivity contribution in [3.8, 4) is 0 Å². The summed E-state index contributed by atoms with van der Waals surface area (Å²) in [6.07, 6.45) is -4.24. The van der Waals surface area contributed by atoms with Crippen LogP contribution in [0.3, 0.4) is 0 Å². The van der Waals surface area contributed by atoms with Crippen molar-refractivity contribution in [3.05, 3.63) is 65.5 Å². The molecule has 0 fully saturated rings. The average Bonchev–Trinajstić information content (AvgIpc) is 2.45. The number of carbonyl (C=O) groups is 1. The first-order valence-corrected chi connectivity index (χ1v) is 5.95. The molecule has 4 nitrogen and oxygen atoms in total. The maximum absolute atomic E-state index is 12.5. The smallest absolute Gasteiger partial charge is 0.416 e. The van der Waals surface area contributed by atoms with Gasteiger partial charge in [0.2, 0.25) is 0 Å². The first-order chi connectivity index (χ1) is 9.88. The van der Waals surface area contributed by atoms with E-state index in [0.717, 1.165) is 12.1 Å². The highest BCUT2D eigenvalue weighted by Crippen LogP contribution is 2.30. The second kappa shape index (κ2) is 5.82. The van der Waals surface area contributed by atoms with Crippen LogP contribution < -0.4 is 5.32 Å². The number of alkyl halides is 3.